The standard InChI is InChI=1S/C11H12N4O4S/c1-19-11(16)9-7-13-15-10(9)20(17,18)14-6-8-2-4-12-5-3-8/h2-5,7,14H,6H2,1H3,(H,13,15). The fourth-order valence-electron chi connectivity index (χ4n) is 1.49. The fraction of sp³-hybridized carbons (Fsp3) is 0.182. The maximum atomic E-state index is 12.1. The lowest BCUT2D eigenvalue weighted by molar-refractivity contribution is 0.0596. The molecular formula is C11H12N4O4S. The van der Waals surface area contributed by atoms with Crippen LogP contribution in [0.4, 0.5) is 0 Å². The van der Waals surface area contributed by atoms with Crippen molar-refractivity contribution in [2.24, 2.45) is 0 Å². The van der Waals surface area contributed by atoms with E-state index in [1.54, 1.807) is 24.5 Å². The number of esters is 1. The maximum absolute atomic E-state index is 12.1. The third kappa shape index (κ3) is 3.00. The van der Waals surface area contributed by atoms with E-state index in [-0.39, 0.29) is 17.1 Å². The molecule has 20 heavy (non-hydrogen) atoms. The van der Waals surface area contributed by atoms with Crippen molar-refractivity contribution in [1.82, 2.24) is 19.9 Å². The summed E-state index contributed by atoms with van der Waals surface area (Å²) in [7, 11) is -2.73. The molecule has 0 bridgehead atoms. The molecule has 0 aliphatic heterocycles. The second-order valence-electron chi connectivity index (χ2n) is 3.78. The van der Waals surface area contributed by atoms with Crippen LogP contribution in [-0.2, 0) is 21.3 Å². The Morgan fingerprint density at radius 3 is 2.75 bits per heavy atom. The number of sulfonamides is 1. The number of aromatic nitrogens is 3. The van der Waals surface area contributed by atoms with E-state index in [1.165, 1.54) is 0 Å². The van der Waals surface area contributed by atoms with E-state index in [0.717, 1.165) is 18.9 Å². The first kappa shape index (κ1) is 14.2. The number of methoxy groups -OCH3 is 1. The van der Waals surface area contributed by atoms with Gasteiger partial charge in [0.1, 0.15) is 5.56 Å². The Bertz CT molecular complexity index is 696. The lowest BCUT2D eigenvalue weighted by Crippen LogP contribution is -2.25. The van der Waals surface area contributed by atoms with Crippen molar-refractivity contribution >= 4 is 16.0 Å². The highest BCUT2D eigenvalue weighted by Crippen LogP contribution is 2.13. The molecule has 106 valence electrons. The molecule has 0 saturated carbocycles. The lowest BCUT2D eigenvalue weighted by Gasteiger charge is -2.06. The Labute approximate surface area is 115 Å². The summed E-state index contributed by atoms with van der Waals surface area (Å²) < 4.78 is 31.1. The van der Waals surface area contributed by atoms with Gasteiger partial charge in [-0.3, -0.25) is 10.1 Å². The van der Waals surface area contributed by atoms with Crippen LogP contribution in [0, 0.1) is 0 Å². The van der Waals surface area contributed by atoms with Gasteiger partial charge < -0.3 is 4.74 Å². The Kier molecular flexibility index (Phi) is 4.11. The number of rotatable bonds is 5. The number of carbonyl (C=O) groups is 1. The number of H-pyrrole nitrogens is 1. The molecule has 0 aliphatic carbocycles. The van der Waals surface area contributed by atoms with Gasteiger partial charge in [-0.15, -0.1) is 0 Å². The van der Waals surface area contributed by atoms with Gasteiger partial charge in [-0.1, -0.05) is 0 Å². The first-order valence-electron chi connectivity index (χ1n) is 5.55. The molecule has 0 aromatic carbocycles. The highest BCUT2D eigenvalue weighted by molar-refractivity contribution is 7.89. The van der Waals surface area contributed by atoms with E-state index in [0.29, 0.717) is 0 Å². The van der Waals surface area contributed by atoms with Gasteiger partial charge in [0.2, 0.25) is 0 Å². The minimum Gasteiger partial charge on any atom is -0.465 e. The largest absolute Gasteiger partial charge is 0.465 e. The van der Waals surface area contributed by atoms with Gasteiger partial charge in [0, 0.05) is 18.9 Å². The van der Waals surface area contributed by atoms with Crippen molar-refractivity contribution in [3.63, 3.8) is 0 Å². The monoisotopic (exact) mass is 296 g/mol. The predicted molar refractivity (Wildman–Crippen MR) is 68.2 cm³/mol. The molecule has 0 aliphatic rings. The average molecular weight is 296 g/mol. The van der Waals surface area contributed by atoms with Gasteiger partial charge in [0.25, 0.3) is 10.0 Å². The number of hydrogen-bond donors (Lipinski definition) is 2. The Hall–Kier alpha value is -2.26. The van der Waals surface area contributed by atoms with Gasteiger partial charge in [0.05, 0.1) is 13.3 Å². The summed E-state index contributed by atoms with van der Waals surface area (Å²) >= 11 is 0. The minimum absolute atomic E-state index is 0.0739. The van der Waals surface area contributed by atoms with Crippen LogP contribution >= 0.6 is 0 Å². The van der Waals surface area contributed by atoms with Crippen molar-refractivity contribution < 1.29 is 17.9 Å². The first-order chi connectivity index (χ1) is 9.54. The zero-order valence-corrected chi connectivity index (χ0v) is 11.3. The van der Waals surface area contributed by atoms with Crippen molar-refractivity contribution in [3.8, 4) is 0 Å². The number of carbonyl (C=O) groups excluding carboxylic acids is 1. The number of nitrogens with one attached hydrogen (secondary N) is 2. The Balaban J connectivity index is 2.19. The first-order valence-corrected chi connectivity index (χ1v) is 7.03. The average Bonchev–Trinajstić information content (AvgIpc) is 2.96. The molecule has 2 aromatic rings. The van der Waals surface area contributed by atoms with Crippen LogP contribution in [0.3, 0.4) is 0 Å². The van der Waals surface area contributed by atoms with Crippen molar-refractivity contribution in [3.05, 3.63) is 41.9 Å². The second kappa shape index (κ2) is 5.80. The molecule has 9 heteroatoms. The zero-order valence-electron chi connectivity index (χ0n) is 10.5. The zero-order chi connectivity index (χ0) is 14.6. The van der Waals surface area contributed by atoms with E-state index in [2.05, 4.69) is 24.6 Å². The van der Waals surface area contributed by atoms with Crippen molar-refractivity contribution in [1.29, 1.82) is 0 Å². The molecule has 2 aromatic heterocycles. The third-order valence-corrected chi connectivity index (χ3v) is 3.87. The molecule has 2 heterocycles. The fourth-order valence-corrected chi connectivity index (χ4v) is 2.59. The molecule has 2 N–H and O–H groups in total. The van der Waals surface area contributed by atoms with Crippen LogP contribution in [0.25, 0.3) is 0 Å². The summed E-state index contributed by atoms with van der Waals surface area (Å²) in [6.07, 6.45) is 4.21. The molecular weight excluding hydrogens is 284 g/mol. The second-order valence-corrected chi connectivity index (χ2v) is 5.49. The number of aromatic amines is 1. The topological polar surface area (TPSA) is 114 Å². The highest BCUT2D eigenvalue weighted by atomic mass is 32.2. The SMILES string of the molecule is COC(=O)c1cn[nH]c1S(=O)(=O)NCc1ccncc1. The summed E-state index contributed by atoms with van der Waals surface area (Å²) in [6, 6.07) is 3.35. The van der Waals surface area contributed by atoms with E-state index in [9.17, 15) is 13.2 Å². The minimum atomic E-state index is -3.89. The molecule has 0 radical (unpaired) electrons. The normalized spacial score (nSPS) is 11.2. The van der Waals surface area contributed by atoms with Gasteiger partial charge in [-0.25, -0.2) is 17.9 Å². The predicted octanol–water partition coefficient (Wildman–Crippen LogP) is 0.0698. The smallest absolute Gasteiger partial charge is 0.342 e. The third-order valence-electron chi connectivity index (χ3n) is 2.49. The molecule has 0 unspecified atom stereocenters. The van der Waals surface area contributed by atoms with E-state index < -0.39 is 16.0 Å². The Morgan fingerprint density at radius 1 is 1.40 bits per heavy atom. The van der Waals surface area contributed by atoms with Gasteiger partial charge in [-0.2, -0.15) is 5.10 Å². The summed E-state index contributed by atoms with van der Waals surface area (Å²) in [5, 5.41) is 5.52. The number of hydrogen-bond acceptors (Lipinski definition) is 6. The summed E-state index contributed by atoms with van der Waals surface area (Å²) in [4.78, 5) is 15.3. The molecule has 0 saturated heterocycles. The van der Waals surface area contributed by atoms with Crippen LogP contribution in [-0.4, -0.2) is 36.7 Å². The number of pyridine rings is 1. The van der Waals surface area contributed by atoms with E-state index >= 15 is 0 Å². The van der Waals surface area contributed by atoms with Crippen molar-refractivity contribution in [2.75, 3.05) is 7.11 Å². The molecule has 2 rings (SSSR count). The van der Waals surface area contributed by atoms with Crippen LogP contribution in [0.5, 0.6) is 0 Å². The van der Waals surface area contributed by atoms with Gasteiger partial charge >= 0.3 is 5.97 Å². The molecule has 0 atom stereocenters. The quantitative estimate of drug-likeness (QED) is 0.755. The van der Waals surface area contributed by atoms with E-state index in [1.807, 2.05) is 0 Å². The molecule has 0 fully saturated rings. The Morgan fingerprint density at radius 2 is 2.10 bits per heavy atom. The number of nitrogens with zero attached hydrogens (tertiary/aromatic N) is 2. The molecule has 0 amide bonds. The van der Waals surface area contributed by atoms with Gasteiger partial charge in [-0.05, 0) is 17.7 Å². The van der Waals surface area contributed by atoms with Crippen LogP contribution in [0.1, 0.15) is 15.9 Å². The van der Waals surface area contributed by atoms with Gasteiger partial charge in [0.15, 0.2) is 5.03 Å². The lowest BCUT2D eigenvalue weighted by atomic mass is 10.3. The summed E-state index contributed by atoms with van der Waals surface area (Å²) in [6.45, 7) is 0.0739. The van der Waals surface area contributed by atoms with Crippen LogP contribution < -0.4 is 4.72 Å². The summed E-state index contributed by atoms with van der Waals surface area (Å²) in [5.41, 5.74) is 0.595. The maximum Gasteiger partial charge on any atom is 0.342 e. The highest BCUT2D eigenvalue weighted by Gasteiger charge is 2.25. The molecule has 0 spiro atoms. The van der Waals surface area contributed by atoms with Crippen LogP contribution in [0.2, 0.25) is 0 Å². The van der Waals surface area contributed by atoms with Crippen LogP contribution in [0.15, 0.2) is 35.7 Å². The molecule has 8 nitrogen and oxygen atoms in total. The number of ether oxygens (including phenoxy) is 1. The van der Waals surface area contributed by atoms with Crippen molar-refractivity contribution in [2.45, 2.75) is 11.6 Å². The van der Waals surface area contributed by atoms with E-state index in [4.69, 9.17) is 0 Å². The summed E-state index contributed by atoms with van der Waals surface area (Å²) in [5.74, 6) is -0.775.